The molecule has 133 heavy (non-hydrogen) atoms. The van der Waals surface area contributed by atoms with Crippen LogP contribution in [0.2, 0.25) is 0 Å². The van der Waals surface area contributed by atoms with Gasteiger partial charge < -0.3 is 111 Å². The number of nitrogens with one attached hydrogen (secondary N) is 15. The molecular formula is C91H122N20O20S2. The van der Waals surface area contributed by atoms with E-state index in [0.29, 0.717) is 33.2 Å². The molecule has 0 aliphatic carbocycles. The summed E-state index contributed by atoms with van der Waals surface area (Å²) < 4.78 is 2.60. The van der Waals surface area contributed by atoms with Crippen molar-refractivity contribution < 1.29 is 96.1 Å². The summed E-state index contributed by atoms with van der Waals surface area (Å²) in [4.78, 5) is 266. The molecule has 718 valence electrons. The molecule has 4 heterocycles. The van der Waals surface area contributed by atoms with Gasteiger partial charge in [-0.1, -0.05) is 119 Å². The highest BCUT2D eigenvalue weighted by Crippen LogP contribution is 2.47. The van der Waals surface area contributed by atoms with Crippen molar-refractivity contribution in [1.29, 1.82) is 0 Å². The summed E-state index contributed by atoms with van der Waals surface area (Å²) in [7, 11) is 3.10. The van der Waals surface area contributed by atoms with E-state index in [-0.39, 0.29) is 115 Å². The second kappa shape index (κ2) is 49.4. The number of aromatic amines is 1. The monoisotopic (exact) mass is 1880 g/mol. The van der Waals surface area contributed by atoms with Crippen molar-refractivity contribution in [2.45, 2.75) is 240 Å². The van der Waals surface area contributed by atoms with Gasteiger partial charge in [0.25, 0.3) is 0 Å². The first-order valence-corrected chi connectivity index (χ1v) is 45.9. The maximum atomic E-state index is 16.3. The van der Waals surface area contributed by atoms with Crippen molar-refractivity contribution in [2.24, 2.45) is 17.2 Å². The van der Waals surface area contributed by atoms with Crippen molar-refractivity contribution in [3.05, 3.63) is 150 Å². The molecule has 2 fully saturated rings. The molecule has 2 aliphatic rings. The molecular weight excluding hydrogens is 1760 g/mol. The number of nitrogens with two attached hydrogens (primary N) is 3. The summed E-state index contributed by atoms with van der Waals surface area (Å²) in [5.41, 5.74) is 18.2. The number of unbranched alkanes of at least 4 members (excludes halogenated alkanes) is 2. The lowest BCUT2D eigenvalue weighted by molar-refractivity contribution is -0.141. The van der Waals surface area contributed by atoms with Crippen LogP contribution in [0, 0.1) is 6.92 Å². The number of fused-ring (bicyclic) bond motifs is 2. The Morgan fingerprint density at radius 2 is 1.14 bits per heavy atom. The average Bonchev–Trinajstić information content (AvgIpc) is 1.14. The van der Waals surface area contributed by atoms with E-state index in [1.54, 1.807) is 85.1 Å². The second-order valence-electron chi connectivity index (χ2n) is 34.4. The number of primary amides is 3. The van der Waals surface area contributed by atoms with Crippen LogP contribution in [0.1, 0.15) is 147 Å². The molecule has 0 radical (unpaired) electrons. The van der Waals surface area contributed by atoms with Crippen molar-refractivity contribution >= 4 is 150 Å². The first-order chi connectivity index (χ1) is 62.9. The average molecular weight is 1880 g/mol. The summed E-state index contributed by atoms with van der Waals surface area (Å²) in [6, 6.07) is 10.7. The Labute approximate surface area is 777 Å². The molecule has 6 aromatic rings. The number of aliphatic hydroxyl groups is 1. The summed E-state index contributed by atoms with van der Waals surface area (Å²) in [5, 5.41) is 51.1. The maximum absolute atomic E-state index is 16.3. The summed E-state index contributed by atoms with van der Waals surface area (Å²) >= 11 is 0. The highest BCUT2D eigenvalue weighted by Gasteiger charge is 2.49. The minimum Gasteiger partial charge on any atom is -0.391 e. The number of rotatable bonds is 39. The Balaban J connectivity index is 1.20. The topological polar surface area (TPSA) is 615 Å². The fourth-order valence-corrected chi connectivity index (χ4v) is 18.2. The second-order valence-corrected chi connectivity index (χ2v) is 37.9. The van der Waals surface area contributed by atoms with Gasteiger partial charge in [-0.3, -0.25) is 91.3 Å². The minimum atomic E-state index is -1.99. The van der Waals surface area contributed by atoms with Crippen LogP contribution in [0.15, 0.2) is 122 Å². The SMILES string of the molecule is CC(=O)NCCCC[C@@H]1NC(=O)[C@H](Cc2c[nH]c3c(C)cccc23)NC(=O)[C@H]([C@@H](C)O)NC(=O)[C@H](CC(N)=O)NC(=O)[C@@H](NC(C)=O)C(C)(C)SSC(C)(C)[C@@H](C(=O)N[C@@H](Cc2ccccc2)C(=O)N[C@@H](Cc2ccc3ccccc3c2)C(=O)NC2(C(=O)N[C@@H](CCCCNC(C)=O)C(=O)N[C@@H](CC(N)=O)C(=O)N[C@@H](Cc3cccnc3)C(=O)N(C)CC(N)=O)CCOCC2)NC1=O. The Morgan fingerprint density at radius 3 is 1.78 bits per heavy atom. The van der Waals surface area contributed by atoms with Crippen LogP contribution < -0.4 is 91.6 Å². The van der Waals surface area contributed by atoms with Crippen LogP contribution in [0.25, 0.3) is 21.7 Å². The van der Waals surface area contributed by atoms with E-state index in [4.69, 9.17) is 21.9 Å². The number of carbonyl (C=O) groups is 18. The quantitative estimate of drug-likeness (QED) is 0.0162. The van der Waals surface area contributed by atoms with Gasteiger partial charge in [0.05, 0.1) is 25.5 Å². The van der Waals surface area contributed by atoms with Crippen LogP contribution in [-0.4, -0.2) is 254 Å². The smallest absolute Gasteiger partial charge is 0.246 e. The van der Waals surface area contributed by atoms with Crippen LogP contribution in [-0.2, 0) is 117 Å². The third-order valence-electron chi connectivity index (χ3n) is 22.6. The third kappa shape index (κ3) is 31.8. The van der Waals surface area contributed by atoms with Gasteiger partial charge in [-0.05, 0) is 125 Å². The zero-order chi connectivity index (χ0) is 97.6. The number of likely N-dealkylation sites (N-methyl/N-ethyl adjacent to an activating group) is 1. The molecule has 4 aromatic carbocycles. The number of aromatic nitrogens is 2. The Hall–Kier alpha value is -13.1. The molecule has 2 saturated heterocycles. The number of para-hydroxylation sites is 1. The Bertz CT molecular complexity index is 5210. The zero-order valence-corrected chi connectivity index (χ0v) is 77.7. The molecule has 40 nitrogen and oxygen atoms in total. The van der Waals surface area contributed by atoms with E-state index in [9.17, 15) is 57.8 Å². The fraction of sp³-hybridized carbons (Fsp3) is 0.484. The number of hydrogen-bond acceptors (Lipinski definition) is 23. The van der Waals surface area contributed by atoms with E-state index in [2.05, 4.69) is 84.4 Å². The number of H-pyrrole nitrogens is 1. The van der Waals surface area contributed by atoms with Crippen molar-refractivity contribution in [3.8, 4) is 0 Å². The van der Waals surface area contributed by atoms with Crippen LogP contribution in [0.5, 0.6) is 0 Å². The normalized spacial score (nSPS) is 19.6. The van der Waals surface area contributed by atoms with Crippen LogP contribution >= 0.6 is 21.6 Å². The molecule has 8 rings (SSSR count). The van der Waals surface area contributed by atoms with Gasteiger partial charge in [0.2, 0.25) is 106 Å². The van der Waals surface area contributed by atoms with Gasteiger partial charge in [0.1, 0.15) is 72.0 Å². The van der Waals surface area contributed by atoms with Crippen LogP contribution in [0.3, 0.4) is 0 Å². The highest BCUT2D eigenvalue weighted by molar-refractivity contribution is 8.77. The van der Waals surface area contributed by atoms with Gasteiger partial charge in [0.15, 0.2) is 0 Å². The molecule has 2 aromatic heterocycles. The Morgan fingerprint density at radius 1 is 0.564 bits per heavy atom. The predicted octanol–water partition coefficient (Wildman–Crippen LogP) is -1.05. The largest absolute Gasteiger partial charge is 0.391 e. The first-order valence-electron chi connectivity index (χ1n) is 43.7. The lowest BCUT2D eigenvalue weighted by atomic mass is 9.87. The molecule has 2 aliphatic heterocycles. The van der Waals surface area contributed by atoms with Gasteiger partial charge in [0, 0.05) is 132 Å². The van der Waals surface area contributed by atoms with Gasteiger partial charge in [-0.2, -0.15) is 0 Å². The van der Waals surface area contributed by atoms with E-state index >= 15 is 33.6 Å². The summed E-state index contributed by atoms with van der Waals surface area (Å²) in [5.74, 6) is -16.9. The minimum absolute atomic E-state index is 0.114. The third-order valence-corrected chi connectivity index (χ3v) is 26.8. The number of nitrogens with zero attached hydrogens (tertiary/aromatic N) is 2. The van der Waals surface area contributed by atoms with Gasteiger partial charge in [-0.15, -0.1) is 0 Å². The van der Waals surface area contributed by atoms with E-state index in [1.807, 2.05) is 31.2 Å². The maximum Gasteiger partial charge on any atom is 0.246 e. The number of carbonyl (C=O) groups excluding carboxylic acids is 18. The van der Waals surface area contributed by atoms with Crippen molar-refractivity contribution in [2.75, 3.05) is 39.9 Å². The number of hydrogen-bond donors (Lipinski definition) is 19. The van der Waals surface area contributed by atoms with Gasteiger partial charge >= 0.3 is 0 Å². The molecule has 0 saturated carbocycles. The summed E-state index contributed by atoms with van der Waals surface area (Å²) in [6.07, 6.45) is -0.300. The van der Waals surface area contributed by atoms with Crippen LogP contribution in [0.4, 0.5) is 0 Å². The summed E-state index contributed by atoms with van der Waals surface area (Å²) in [6.45, 7) is 12.2. The highest BCUT2D eigenvalue weighted by atomic mass is 33.1. The first kappa shape index (κ1) is 105. The lowest BCUT2D eigenvalue weighted by Gasteiger charge is -2.39. The van der Waals surface area contributed by atoms with E-state index < -0.39 is 201 Å². The van der Waals surface area contributed by atoms with Crippen molar-refractivity contribution in [1.82, 2.24) is 89.3 Å². The van der Waals surface area contributed by atoms with Gasteiger partial charge in [-0.25, -0.2) is 0 Å². The molecule has 0 spiro atoms. The van der Waals surface area contributed by atoms with Crippen molar-refractivity contribution in [3.63, 3.8) is 0 Å². The molecule has 18 amide bonds. The zero-order valence-electron chi connectivity index (χ0n) is 76.1. The Kier molecular flexibility index (Phi) is 39.1. The standard InChI is InChI=1S/C91H122N20O20S2/c1-50-22-20-28-61-60(48-98-73(50)61)44-66-80(122)100-62(29-16-18-36-96-52(3)113)78(120)109-76(90(8,9)133-132-89(6,7)75(99-54(5)115)85(127)105-68(46-71(93)117)82(124)108-74(51(2)112)84(126)103-66)86(128)104-64(41-55-23-12-11-13-24-55)79(121)101-65(42-56-31-32-58-26-14-15-27-59(58)40-56)83(125)110-91(33-38-131-39-34-91)88(130)107-63(30-17-19-37-97-53(4)114)77(119)102-67(45-70(92)116)81(123)106-69(43-57-25-21-35-95-47-57)87(129)111(10)49-72(94)118/h11-15,20-28,31-32,35,40,47-48,51,62-69,74-76,98,112H,16-19,29-30,33-34,36-39,41-46,49H2,1-10H3,(H2,92,116)(H2,93,117)(H2,94,118)(H,96,113)(H,97,114)(H,99,115)(H,100,122)(H,101,121)(H,102,119)(H,103,126)(H,104,128)(H,105,127)(H,106,123)(H,107,130)(H,108,124)(H,109,120)(H,110,125)/t51-,62+,63+,64+,65+,66+,67+,68+,69+,74+,75-,76-/m1/s1. The molecule has 0 unspecified atom stereocenters. The number of amides is 18. The van der Waals surface area contributed by atoms with E-state index in [1.165, 1.54) is 61.0 Å². The molecule has 0 bridgehead atoms. The number of aryl methyl sites for hydroxylation is 1. The lowest BCUT2D eigenvalue weighted by Crippen LogP contribution is -2.67. The number of ether oxygens (including phenoxy) is 1. The fourth-order valence-electron chi connectivity index (χ4n) is 15.3. The number of pyridine rings is 1. The number of benzene rings is 4. The van der Waals surface area contributed by atoms with E-state index in [0.717, 1.165) is 56.7 Å². The molecule has 42 heteroatoms. The molecule has 22 N–H and O–H groups in total. The molecule has 12 atom stereocenters. The number of aliphatic hydroxyl groups excluding tert-OH is 1. The predicted molar refractivity (Wildman–Crippen MR) is 495 cm³/mol.